The van der Waals surface area contributed by atoms with Gasteiger partial charge in [0.05, 0.1) is 36.2 Å². The number of carbonyl (C=O) groups excluding carboxylic acids is 1. The molecular formula is C13H20N4O4S. The largest absolute Gasteiger partial charge is 0.374 e. The lowest BCUT2D eigenvalue weighted by Crippen LogP contribution is -2.47. The van der Waals surface area contributed by atoms with E-state index in [9.17, 15) is 13.2 Å². The topological polar surface area (TPSA) is 93.5 Å². The third-order valence-electron chi connectivity index (χ3n) is 4.19. The second-order valence-electron chi connectivity index (χ2n) is 5.86. The van der Waals surface area contributed by atoms with Gasteiger partial charge in [0, 0.05) is 26.4 Å². The maximum atomic E-state index is 12.3. The number of amides is 1. The van der Waals surface area contributed by atoms with Crippen LogP contribution in [0.2, 0.25) is 0 Å². The van der Waals surface area contributed by atoms with E-state index in [-0.39, 0.29) is 30.6 Å². The highest BCUT2D eigenvalue weighted by atomic mass is 32.2. The Morgan fingerprint density at radius 1 is 1.50 bits per heavy atom. The van der Waals surface area contributed by atoms with Crippen molar-refractivity contribution in [2.24, 2.45) is 7.05 Å². The van der Waals surface area contributed by atoms with E-state index in [0.717, 1.165) is 12.8 Å². The van der Waals surface area contributed by atoms with Crippen molar-refractivity contribution in [3.8, 4) is 0 Å². The van der Waals surface area contributed by atoms with Crippen molar-refractivity contribution in [3.63, 3.8) is 0 Å². The molecule has 1 aromatic rings. The first-order valence-electron chi connectivity index (χ1n) is 7.24. The summed E-state index contributed by atoms with van der Waals surface area (Å²) in [6.45, 7) is 0.845. The molecule has 2 aliphatic rings. The van der Waals surface area contributed by atoms with Crippen LogP contribution < -0.4 is 5.32 Å². The number of hydrogen-bond donors (Lipinski definition) is 1. The zero-order chi connectivity index (χ0) is 15.9. The van der Waals surface area contributed by atoms with Gasteiger partial charge >= 0.3 is 0 Å². The van der Waals surface area contributed by atoms with E-state index in [0.29, 0.717) is 12.2 Å². The first-order valence-corrected chi connectivity index (χ1v) is 9.09. The summed E-state index contributed by atoms with van der Waals surface area (Å²) >= 11 is 0. The maximum Gasteiger partial charge on any atom is 0.254 e. The molecule has 0 radical (unpaired) electrons. The van der Waals surface area contributed by atoms with Gasteiger partial charge in [-0.3, -0.25) is 9.48 Å². The van der Waals surface area contributed by atoms with Crippen LogP contribution in [-0.4, -0.2) is 66.0 Å². The van der Waals surface area contributed by atoms with Gasteiger partial charge < -0.3 is 10.1 Å². The van der Waals surface area contributed by atoms with Gasteiger partial charge in [0.15, 0.2) is 0 Å². The van der Waals surface area contributed by atoms with Crippen molar-refractivity contribution < 1.29 is 17.9 Å². The zero-order valence-electron chi connectivity index (χ0n) is 12.6. The molecule has 122 valence electrons. The summed E-state index contributed by atoms with van der Waals surface area (Å²) in [7, 11) is -1.58. The molecule has 8 nitrogen and oxygen atoms in total. The Hall–Kier alpha value is -1.45. The van der Waals surface area contributed by atoms with Crippen LogP contribution in [0.5, 0.6) is 0 Å². The van der Waals surface area contributed by atoms with Crippen LogP contribution in [0.3, 0.4) is 0 Å². The van der Waals surface area contributed by atoms with Crippen LogP contribution in [0.25, 0.3) is 0 Å². The van der Waals surface area contributed by atoms with Crippen LogP contribution in [0.1, 0.15) is 23.2 Å². The van der Waals surface area contributed by atoms with Crippen molar-refractivity contribution in [2.75, 3.05) is 19.4 Å². The monoisotopic (exact) mass is 328 g/mol. The van der Waals surface area contributed by atoms with E-state index < -0.39 is 10.0 Å². The van der Waals surface area contributed by atoms with Gasteiger partial charge in [-0.1, -0.05) is 0 Å². The Morgan fingerprint density at radius 3 is 2.91 bits per heavy atom. The number of ether oxygens (including phenoxy) is 1. The third-order valence-corrected chi connectivity index (χ3v) is 5.46. The van der Waals surface area contributed by atoms with Gasteiger partial charge in [-0.05, 0) is 12.8 Å². The lowest BCUT2D eigenvalue weighted by molar-refractivity contribution is -0.0103. The number of aromatic nitrogens is 2. The molecule has 1 aromatic heterocycles. The van der Waals surface area contributed by atoms with Crippen molar-refractivity contribution in [3.05, 3.63) is 18.0 Å². The van der Waals surface area contributed by atoms with Gasteiger partial charge in [0.1, 0.15) is 0 Å². The van der Waals surface area contributed by atoms with Crippen LogP contribution >= 0.6 is 0 Å². The minimum atomic E-state index is -3.32. The number of nitrogens with zero attached hydrogens (tertiary/aromatic N) is 3. The number of sulfonamides is 1. The minimum Gasteiger partial charge on any atom is -0.374 e. The molecule has 1 N–H and O–H groups in total. The van der Waals surface area contributed by atoms with Gasteiger partial charge in [-0.2, -0.15) is 9.40 Å². The summed E-state index contributed by atoms with van der Waals surface area (Å²) in [6, 6.07) is -0.532. The number of aryl methyl sites for hydroxylation is 1. The summed E-state index contributed by atoms with van der Waals surface area (Å²) in [6.07, 6.45) is 5.61. The quantitative estimate of drug-likeness (QED) is 0.795. The molecule has 0 spiro atoms. The lowest BCUT2D eigenvalue weighted by atomic mass is 10.0. The fraction of sp³-hybridized carbons (Fsp3) is 0.692. The Labute approximate surface area is 129 Å². The fourth-order valence-electron chi connectivity index (χ4n) is 3.21. The van der Waals surface area contributed by atoms with Crippen molar-refractivity contribution in [2.45, 2.75) is 31.0 Å². The fourth-order valence-corrected chi connectivity index (χ4v) is 4.36. The van der Waals surface area contributed by atoms with Crippen molar-refractivity contribution in [1.29, 1.82) is 0 Å². The smallest absolute Gasteiger partial charge is 0.254 e. The van der Waals surface area contributed by atoms with E-state index >= 15 is 0 Å². The predicted molar refractivity (Wildman–Crippen MR) is 78.8 cm³/mol. The van der Waals surface area contributed by atoms with Crippen molar-refractivity contribution in [1.82, 2.24) is 19.4 Å². The Morgan fingerprint density at radius 2 is 2.27 bits per heavy atom. The van der Waals surface area contributed by atoms with E-state index in [1.807, 2.05) is 0 Å². The number of hydrogen-bond acceptors (Lipinski definition) is 5. The SMILES string of the molecule is Cn1cc(C(=O)N[C@H]2CN(S(C)(=O)=O)[C@@H]3CCCO[C@H]23)cn1. The van der Waals surface area contributed by atoms with E-state index in [1.165, 1.54) is 16.8 Å². The molecule has 0 saturated carbocycles. The standard InChI is InChI=1S/C13H20N4O4S/c1-16-7-9(6-14-16)13(18)15-10-8-17(22(2,19)20)11-4-3-5-21-12(10)11/h6-7,10-12H,3-5,8H2,1-2H3,(H,15,18)/t10-,11+,12+/m0/s1. The predicted octanol–water partition coefficient (Wildman–Crippen LogP) is -0.659. The van der Waals surface area contributed by atoms with Gasteiger partial charge in [0.2, 0.25) is 10.0 Å². The summed E-state index contributed by atoms with van der Waals surface area (Å²) in [5, 5.41) is 6.85. The summed E-state index contributed by atoms with van der Waals surface area (Å²) in [5.41, 5.74) is 0.452. The molecule has 3 atom stereocenters. The molecular weight excluding hydrogens is 308 g/mol. The first kappa shape index (κ1) is 15.4. The number of nitrogens with one attached hydrogen (secondary N) is 1. The molecule has 2 fully saturated rings. The highest BCUT2D eigenvalue weighted by Crippen LogP contribution is 2.30. The molecule has 0 aromatic carbocycles. The summed E-state index contributed by atoms with van der Waals surface area (Å²) in [4.78, 5) is 12.3. The van der Waals surface area contributed by atoms with Crippen LogP contribution in [-0.2, 0) is 21.8 Å². The second kappa shape index (κ2) is 5.64. The highest BCUT2D eigenvalue weighted by molar-refractivity contribution is 7.88. The first-order chi connectivity index (χ1) is 10.4. The zero-order valence-corrected chi connectivity index (χ0v) is 13.4. The maximum absolute atomic E-state index is 12.3. The summed E-state index contributed by atoms with van der Waals surface area (Å²) < 4.78 is 32.6. The van der Waals surface area contributed by atoms with Gasteiger partial charge in [0.25, 0.3) is 5.91 Å². The molecule has 2 saturated heterocycles. The number of carbonyl (C=O) groups is 1. The van der Waals surface area contributed by atoms with Crippen molar-refractivity contribution >= 4 is 15.9 Å². The molecule has 0 unspecified atom stereocenters. The normalized spacial score (nSPS) is 29.3. The molecule has 0 aliphatic carbocycles. The molecule has 1 amide bonds. The second-order valence-corrected chi connectivity index (χ2v) is 7.80. The molecule has 9 heteroatoms. The molecule has 2 aliphatic heterocycles. The Bertz CT molecular complexity index is 671. The summed E-state index contributed by atoms with van der Waals surface area (Å²) in [5.74, 6) is -0.263. The van der Waals surface area contributed by atoms with Crippen LogP contribution in [0.15, 0.2) is 12.4 Å². The van der Waals surface area contributed by atoms with Gasteiger partial charge in [-0.15, -0.1) is 0 Å². The average molecular weight is 328 g/mol. The lowest BCUT2D eigenvalue weighted by Gasteiger charge is -2.31. The molecule has 22 heavy (non-hydrogen) atoms. The molecule has 0 bridgehead atoms. The van der Waals surface area contributed by atoms with Crippen LogP contribution in [0, 0.1) is 0 Å². The highest BCUT2D eigenvalue weighted by Gasteiger charge is 2.48. The Balaban J connectivity index is 1.77. The average Bonchev–Trinajstić information content (AvgIpc) is 3.03. The van der Waals surface area contributed by atoms with E-state index in [2.05, 4.69) is 10.4 Å². The number of fused-ring (bicyclic) bond motifs is 1. The minimum absolute atomic E-state index is 0.192. The third kappa shape index (κ3) is 2.88. The molecule has 3 rings (SSSR count). The van der Waals surface area contributed by atoms with Crippen LogP contribution in [0.4, 0.5) is 0 Å². The molecule has 3 heterocycles. The van der Waals surface area contributed by atoms with Gasteiger partial charge in [-0.25, -0.2) is 8.42 Å². The van der Waals surface area contributed by atoms with E-state index in [4.69, 9.17) is 4.74 Å². The Kier molecular flexibility index (Phi) is 3.96. The van der Waals surface area contributed by atoms with E-state index in [1.54, 1.807) is 17.9 Å². The number of rotatable bonds is 3.